The maximum atomic E-state index is 12.6. The molecule has 0 saturated heterocycles. The number of aryl methyl sites for hydroxylation is 2. The van der Waals surface area contributed by atoms with Crippen LogP contribution >= 0.6 is 11.3 Å². The van der Waals surface area contributed by atoms with E-state index in [0.717, 1.165) is 22.5 Å². The Morgan fingerprint density at radius 1 is 0.828 bits per heavy atom. The first-order chi connectivity index (χ1) is 13.7. The zero-order valence-corrected chi connectivity index (χ0v) is 18.3. The highest BCUT2D eigenvalue weighted by Crippen LogP contribution is 2.22. The number of anilines is 2. The zero-order valence-electron chi connectivity index (χ0n) is 17.5. The van der Waals surface area contributed by atoms with E-state index in [9.17, 15) is 9.59 Å². The molecule has 0 bridgehead atoms. The van der Waals surface area contributed by atoms with E-state index in [-0.39, 0.29) is 23.9 Å². The second-order valence-electron chi connectivity index (χ2n) is 7.54. The van der Waals surface area contributed by atoms with Gasteiger partial charge in [0.25, 0.3) is 11.8 Å². The van der Waals surface area contributed by atoms with E-state index in [4.69, 9.17) is 0 Å². The van der Waals surface area contributed by atoms with Crippen molar-refractivity contribution in [1.29, 1.82) is 0 Å². The summed E-state index contributed by atoms with van der Waals surface area (Å²) in [5.41, 5.74) is 1.77. The van der Waals surface area contributed by atoms with E-state index in [1.807, 2.05) is 53.9 Å². The fourth-order valence-corrected chi connectivity index (χ4v) is 3.46. The maximum absolute atomic E-state index is 12.6. The first-order valence-corrected chi connectivity index (χ1v) is 10.3. The van der Waals surface area contributed by atoms with Gasteiger partial charge < -0.3 is 10.6 Å². The normalized spacial score (nSPS) is 11.3. The molecule has 0 saturated carbocycles. The lowest BCUT2D eigenvalue weighted by Crippen LogP contribution is -2.13. The molecule has 2 N–H and O–H groups in total. The van der Waals surface area contributed by atoms with Crippen LogP contribution in [0.3, 0.4) is 0 Å². The maximum Gasteiger partial charge on any atom is 0.266 e. The first kappa shape index (κ1) is 20.8. The fraction of sp³-hybridized carbons (Fsp3) is 0.400. The molecule has 3 aromatic rings. The van der Waals surface area contributed by atoms with Crippen molar-refractivity contribution in [2.45, 2.75) is 53.6 Å². The molecular weight excluding hydrogens is 388 g/mol. The second-order valence-corrected chi connectivity index (χ2v) is 8.62. The first-order valence-electron chi connectivity index (χ1n) is 9.49. The monoisotopic (exact) mass is 414 g/mol. The van der Waals surface area contributed by atoms with Crippen molar-refractivity contribution in [3.8, 4) is 0 Å². The molecule has 0 atom stereocenters. The SMILES string of the molecule is Cc1cn(C(C)C)nc1NC(=O)c1ccc(C(=O)Nc2nn(C(C)C)cc2C)s1. The van der Waals surface area contributed by atoms with Crippen LogP contribution in [-0.4, -0.2) is 31.4 Å². The van der Waals surface area contributed by atoms with Gasteiger partial charge in [0.15, 0.2) is 11.6 Å². The average molecular weight is 415 g/mol. The highest BCUT2D eigenvalue weighted by atomic mass is 32.1. The topological polar surface area (TPSA) is 93.8 Å². The highest BCUT2D eigenvalue weighted by molar-refractivity contribution is 7.16. The molecule has 0 spiro atoms. The van der Waals surface area contributed by atoms with Crippen LogP contribution in [0.5, 0.6) is 0 Å². The Balaban J connectivity index is 1.70. The van der Waals surface area contributed by atoms with E-state index in [0.29, 0.717) is 21.4 Å². The molecule has 0 radical (unpaired) electrons. The van der Waals surface area contributed by atoms with Crippen molar-refractivity contribution in [3.63, 3.8) is 0 Å². The second kappa shape index (κ2) is 8.20. The van der Waals surface area contributed by atoms with Crippen LogP contribution in [0.1, 0.15) is 70.2 Å². The van der Waals surface area contributed by atoms with Gasteiger partial charge in [-0.1, -0.05) is 0 Å². The lowest BCUT2D eigenvalue weighted by atomic mass is 10.3. The Morgan fingerprint density at radius 2 is 1.21 bits per heavy atom. The lowest BCUT2D eigenvalue weighted by Gasteiger charge is -2.04. The van der Waals surface area contributed by atoms with Gasteiger partial charge >= 0.3 is 0 Å². The number of carbonyl (C=O) groups excluding carboxylic acids is 2. The zero-order chi connectivity index (χ0) is 21.3. The molecule has 8 nitrogen and oxygen atoms in total. The number of rotatable bonds is 6. The van der Waals surface area contributed by atoms with Gasteiger partial charge in [0.05, 0.1) is 9.75 Å². The summed E-state index contributed by atoms with van der Waals surface area (Å²) in [6.07, 6.45) is 3.79. The van der Waals surface area contributed by atoms with Crippen LogP contribution < -0.4 is 10.6 Å². The summed E-state index contributed by atoms with van der Waals surface area (Å²) >= 11 is 1.13. The van der Waals surface area contributed by atoms with Gasteiger partial charge in [0.2, 0.25) is 0 Å². The van der Waals surface area contributed by atoms with Gasteiger partial charge in [0.1, 0.15) is 0 Å². The van der Waals surface area contributed by atoms with Crippen LogP contribution in [0.2, 0.25) is 0 Å². The van der Waals surface area contributed by atoms with Crippen molar-refractivity contribution in [1.82, 2.24) is 19.6 Å². The molecule has 0 aliphatic heterocycles. The van der Waals surface area contributed by atoms with Crippen molar-refractivity contribution in [2.75, 3.05) is 10.6 Å². The van der Waals surface area contributed by atoms with Gasteiger partial charge in [-0.2, -0.15) is 10.2 Å². The molecule has 9 heteroatoms. The molecule has 3 rings (SSSR count). The molecule has 0 aromatic carbocycles. The quantitative estimate of drug-likeness (QED) is 0.624. The number of thiophene rings is 1. The summed E-state index contributed by atoms with van der Waals surface area (Å²) in [6, 6.07) is 3.70. The Kier molecular flexibility index (Phi) is 5.88. The van der Waals surface area contributed by atoms with Gasteiger partial charge in [-0.15, -0.1) is 11.3 Å². The van der Waals surface area contributed by atoms with Crippen LogP contribution in [0.25, 0.3) is 0 Å². The summed E-state index contributed by atoms with van der Waals surface area (Å²) in [5, 5.41) is 14.4. The van der Waals surface area contributed by atoms with Crippen LogP contribution in [0.15, 0.2) is 24.5 Å². The summed E-state index contributed by atoms with van der Waals surface area (Å²) < 4.78 is 3.60. The summed E-state index contributed by atoms with van der Waals surface area (Å²) in [7, 11) is 0. The van der Waals surface area contributed by atoms with Crippen molar-refractivity contribution in [3.05, 3.63) is 45.4 Å². The smallest absolute Gasteiger partial charge is 0.266 e. The van der Waals surface area contributed by atoms with E-state index < -0.39 is 0 Å². The number of hydrogen-bond acceptors (Lipinski definition) is 5. The minimum absolute atomic E-state index is 0.207. The van der Waals surface area contributed by atoms with Crippen molar-refractivity contribution >= 4 is 34.8 Å². The Bertz CT molecular complexity index is 963. The molecule has 0 fully saturated rings. The summed E-state index contributed by atoms with van der Waals surface area (Å²) in [6.45, 7) is 11.9. The predicted molar refractivity (Wildman–Crippen MR) is 115 cm³/mol. The number of aromatic nitrogens is 4. The van der Waals surface area contributed by atoms with Gasteiger partial charge in [-0.05, 0) is 53.7 Å². The molecule has 3 aromatic heterocycles. The number of nitrogens with zero attached hydrogens (tertiary/aromatic N) is 4. The molecule has 3 heterocycles. The van der Waals surface area contributed by atoms with Crippen molar-refractivity contribution < 1.29 is 9.59 Å². The number of carbonyl (C=O) groups is 2. The summed E-state index contributed by atoms with van der Waals surface area (Å²) in [5.74, 6) is 0.480. The standard InChI is InChI=1S/C20H26N6O2S/c1-11(2)25-9-13(5)17(23-25)21-19(27)15-7-8-16(29-15)20(28)22-18-14(6)10-26(24-18)12(3)4/h7-12H,1-6H3,(H,21,23,27)(H,22,24,28). The van der Waals surface area contributed by atoms with E-state index in [1.165, 1.54) is 0 Å². The van der Waals surface area contributed by atoms with Crippen LogP contribution in [0, 0.1) is 13.8 Å². The minimum Gasteiger partial charge on any atom is -0.304 e. The third kappa shape index (κ3) is 4.56. The molecule has 29 heavy (non-hydrogen) atoms. The van der Waals surface area contributed by atoms with Gasteiger partial charge in [0, 0.05) is 35.6 Å². The predicted octanol–water partition coefficient (Wildman–Crippen LogP) is 4.42. The van der Waals surface area contributed by atoms with Crippen LogP contribution in [0.4, 0.5) is 11.6 Å². The van der Waals surface area contributed by atoms with Gasteiger partial charge in [-0.3, -0.25) is 19.0 Å². The molecule has 0 aliphatic carbocycles. The molecule has 0 aliphatic rings. The minimum atomic E-state index is -0.286. The highest BCUT2D eigenvalue weighted by Gasteiger charge is 2.18. The molecular formula is C20H26N6O2S. The Hall–Kier alpha value is -2.94. The number of amides is 2. The van der Waals surface area contributed by atoms with E-state index >= 15 is 0 Å². The average Bonchev–Trinajstić information content (AvgIpc) is 3.35. The van der Waals surface area contributed by atoms with Crippen LogP contribution in [-0.2, 0) is 0 Å². The Labute approximate surface area is 173 Å². The molecule has 0 unspecified atom stereocenters. The van der Waals surface area contributed by atoms with Crippen molar-refractivity contribution in [2.24, 2.45) is 0 Å². The largest absolute Gasteiger partial charge is 0.304 e. The van der Waals surface area contributed by atoms with E-state index in [1.54, 1.807) is 21.5 Å². The van der Waals surface area contributed by atoms with Gasteiger partial charge in [-0.25, -0.2) is 0 Å². The molecule has 2 amide bonds. The lowest BCUT2D eigenvalue weighted by molar-refractivity contribution is 0.102. The Morgan fingerprint density at radius 3 is 1.52 bits per heavy atom. The third-order valence-corrected chi connectivity index (χ3v) is 5.49. The number of hydrogen-bond donors (Lipinski definition) is 2. The third-order valence-electron chi connectivity index (χ3n) is 4.41. The summed E-state index contributed by atoms with van der Waals surface area (Å²) in [4.78, 5) is 26.0. The fourth-order valence-electron chi connectivity index (χ4n) is 2.66. The van der Waals surface area contributed by atoms with E-state index in [2.05, 4.69) is 20.8 Å². The molecule has 154 valence electrons. The number of nitrogens with one attached hydrogen (secondary N) is 2.